The summed E-state index contributed by atoms with van der Waals surface area (Å²) < 4.78 is 36.6. The lowest BCUT2D eigenvalue weighted by molar-refractivity contribution is 0.602. The molecule has 0 bridgehead atoms. The Bertz CT molecular complexity index is 849. The van der Waals surface area contributed by atoms with Crippen LogP contribution >= 0.6 is 0 Å². The summed E-state index contributed by atoms with van der Waals surface area (Å²) in [4.78, 5) is 4.77. The van der Waals surface area contributed by atoms with E-state index >= 15 is 0 Å². The summed E-state index contributed by atoms with van der Waals surface area (Å²) in [5.74, 6) is 0.429. The van der Waals surface area contributed by atoms with Gasteiger partial charge in [-0.1, -0.05) is 30.3 Å². The quantitative estimate of drug-likeness (QED) is 0.575. The van der Waals surface area contributed by atoms with E-state index in [1.165, 1.54) is 12.3 Å². The van der Waals surface area contributed by atoms with Gasteiger partial charge in [0.05, 0.1) is 11.4 Å². The van der Waals surface area contributed by atoms with Gasteiger partial charge in [-0.05, 0) is 42.7 Å². The van der Waals surface area contributed by atoms with Gasteiger partial charge in [-0.3, -0.25) is 0 Å². The second-order valence-electron chi connectivity index (χ2n) is 5.88. The van der Waals surface area contributed by atoms with Gasteiger partial charge in [-0.25, -0.2) is 17.8 Å². The predicted octanol–water partition coefficient (Wildman–Crippen LogP) is 2.53. The topological polar surface area (TPSA) is 70.6 Å². The van der Waals surface area contributed by atoms with Crippen LogP contribution in [0, 0.1) is 5.82 Å². The maximum Gasteiger partial charge on any atom is 0.191 e. The molecule has 2 aromatic rings. The summed E-state index contributed by atoms with van der Waals surface area (Å²) in [6.07, 6.45) is 1.74. The fraction of sp³-hybridized carbons (Fsp3) is 0.316. The average Bonchev–Trinajstić information content (AvgIpc) is 2.61. The summed E-state index contributed by atoms with van der Waals surface area (Å²) in [6, 6.07) is 13.4. The third kappa shape index (κ3) is 6.15. The fourth-order valence-corrected chi connectivity index (χ4v) is 3.00. The van der Waals surface area contributed by atoms with Gasteiger partial charge < -0.3 is 10.6 Å². The van der Waals surface area contributed by atoms with E-state index in [1.54, 1.807) is 36.4 Å². The van der Waals surface area contributed by atoms with E-state index in [9.17, 15) is 12.8 Å². The number of halogens is 1. The molecule has 0 aliphatic carbocycles. The normalized spacial score (nSPS) is 12.0. The Morgan fingerprint density at radius 3 is 2.38 bits per heavy atom. The molecule has 0 aromatic heterocycles. The lowest BCUT2D eigenvalue weighted by Gasteiger charge is -2.11. The lowest BCUT2D eigenvalue weighted by Crippen LogP contribution is -2.38. The molecule has 0 saturated heterocycles. The van der Waals surface area contributed by atoms with Crippen molar-refractivity contribution in [2.45, 2.75) is 24.8 Å². The van der Waals surface area contributed by atoms with Crippen molar-refractivity contribution in [3.05, 3.63) is 65.5 Å². The number of rotatable bonds is 7. The van der Waals surface area contributed by atoms with Crippen LogP contribution in [-0.2, 0) is 22.8 Å². The predicted molar refractivity (Wildman–Crippen MR) is 102 cm³/mol. The van der Waals surface area contributed by atoms with Gasteiger partial charge >= 0.3 is 0 Å². The van der Waals surface area contributed by atoms with E-state index in [-0.39, 0.29) is 5.82 Å². The van der Waals surface area contributed by atoms with Gasteiger partial charge in [0.15, 0.2) is 15.8 Å². The molecule has 2 rings (SSSR count). The minimum atomic E-state index is -3.19. The number of nitrogens with zero attached hydrogens (tertiary/aromatic N) is 1. The maximum absolute atomic E-state index is 13.6. The Labute approximate surface area is 154 Å². The van der Waals surface area contributed by atoms with Crippen molar-refractivity contribution in [2.24, 2.45) is 4.99 Å². The van der Waals surface area contributed by atoms with Crippen molar-refractivity contribution < 1.29 is 12.8 Å². The van der Waals surface area contributed by atoms with Gasteiger partial charge in [-0.15, -0.1) is 0 Å². The SMILES string of the molecule is CCNC(=NCc1ccc(S(C)(=O)=O)cc1)NCCc1ccccc1F. The largest absolute Gasteiger partial charge is 0.357 e. The highest BCUT2D eigenvalue weighted by molar-refractivity contribution is 7.90. The summed E-state index contributed by atoms with van der Waals surface area (Å²) in [5, 5.41) is 6.32. The second kappa shape index (κ2) is 9.33. The van der Waals surface area contributed by atoms with Crippen LogP contribution < -0.4 is 10.6 Å². The van der Waals surface area contributed by atoms with Crippen molar-refractivity contribution in [2.75, 3.05) is 19.3 Å². The standard InChI is InChI=1S/C19H24FN3O2S/c1-3-21-19(22-13-12-16-6-4-5-7-18(16)20)23-14-15-8-10-17(11-9-15)26(2,24)25/h4-11H,3,12-14H2,1-2H3,(H2,21,22,23). The van der Waals surface area contributed by atoms with Crippen molar-refractivity contribution in [1.29, 1.82) is 0 Å². The fourth-order valence-electron chi connectivity index (χ4n) is 2.37. The zero-order valence-corrected chi connectivity index (χ0v) is 15.8. The number of sulfone groups is 1. The molecule has 0 heterocycles. The van der Waals surface area contributed by atoms with Crippen LogP contribution in [0.2, 0.25) is 0 Å². The molecule has 5 nitrogen and oxygen atoms in total. The van der Waals surface area contributed by atoms with Gasteiger partial charge in [0.2, 0.25) is 0 Å². The first-order valence-corrected chi connectivity index (χ1v) is 10.3. The monoisotopic (exact) mass is 377 g/mol. The number of hydrogen-bond acceptors (Lipinski definition) is 3. The molecule has 0 amide bonds. The second-order valence-corrected chi connectivity index (χ2v) is 7.90. The lowest BCUT2D eigenvalue weighted by atomic mass is 10.1. The smallest absolute Gasteiger partial charge is 0.191 e. The third-order valence-corrected chi connectivity index (χ3v) is 4.89. The van der Waals surface area contributed by atoms with Crippen LogP contribution in [0.5, 0.6) is 0 Å². The van der Waals surface area contributed by atoms with Gasteiger partial charge in [-0.2, -0.15) is 0 Å². The van der Waals surface area contributed by atoms with Crippen LogP contribution in [0.25, 0.3) is 0 Å². The molecule has 0 unspecified atom stereocenters. The number of hydrogen-bond donors (Lipinski definition) is 2. The van der Waals surface area contributed by atoms with Crippen molar-refractivity contribution in [1.82, 2.24) is 10.6 Å². The summed E-state index contributed by atoms with van der Waals surface area (Å²) in [6.45, 7) is 3.65. The Balaban J connectivity index is 1.94. The van der Waals surface area contributed by atoms with Crippen LogP contribution in [0.15, 0.2) is 58.4 Å². The zero-order chi connectivity index (χ0) is 19.0. The molecule has 0 fully saturated rings. The van der Waals surface area contributed by atoms with Crippen molar-refractivity contribution in [3.8, 4) is 0 Å². The first-order chi connectivity index (χ1) is 12.4. The Kier molecular flexibility index (Phi) is 7.15. The van der Waals surface area contributed by atoms with E-state index < -0.39 is 9.84 Å². The minimum Gasteiger partial charge on any atom is -0.357 e. The number of nitrogens with one attached hydrogen (secondary N) is 2. The Hall–Kier alpha value is -2.41. The van der Waals surface area contributed by atoms with Crippen LogP contribution in [-0.4, -0.2) is 33.7 Å². The first kappa shape index (κ1) is 19.9. The first-order valence-electron chi connectivity index (χ1n) is 8.44. The number of aliphatic imine (C=N–C) groups is 1. The zero-order valence-electron chi connectivity index (χ0n) is 15.0. The summed E-state index contributed by atoms with van der Waals surface area (Å²) in [7, 11) is -3.19. The van der Waals surface area contributed by atoms with Gasteiger partial charge in [0.25, 0.3) is 0 Å². The Morgan fingerprint density at radius 1 is 1.08 bits per heavy atom. The molecule has 0 spiro atoms. The van der Waals surface area contributed by atoms with Crippen molar-refractivity contribution >= 4 is 15.8 Å². The Morgan fingerprint density at radius 2 is 1.77 bits per heavy atom. The molecule has 26 heavy (non-hydrogen) atoms. The molecule has 0 aliphatic heterocycles. The number of guanidine groups is 1. The third-order valence-electron chi connectivity index (χ3n) is 3.76. The molecule has 2 N–H and O–H groups in total. The van der Waals surface area contributed by atoms with Crippen LogP contribution in [0.3, 0.4) is 0 Å². The molecule has 0 atom stereocenters. The number of benzene rings is 2. The highest BCUT2D eigenvalue weighted by atomic mass is 32.2. The molecule has 140 valence electrons. The van der Waals surface area contributed by atoms with E-state index in [1.807, 2.05) is 13.0 Å². The van der Waals surface area contributed by atoms with E-state index in [4.69, 9.17) is 0 Å². The van der Waals surface area contributed by atoms with E-state index in [0.29, 0.717) is 42.5 Å². The van der Waals surface area contributed by atoms with Gasteiger partial charge in [0, 0.05) is 19.3 Å². The van der Waals surface area contributed by atoms with Crippen molar-refractivity contribution in [3.63, 3.8) is 0 Å². The summed E-state index contributed by atoms with van der Waals surface area (Å²) in [5.41, 5.74) is 1.57. The van der Waals surface area contributed by atoms with Crippen LogP contribution in [0.1, 0.15) is 18.1 Å². The molecular formula is C19H24FN3O2S. The highest BCUT2D eigenvalue weighted by Crippen LogP contribution is 2.11. The molecule has 2 aromatic carbocycles. The van der Waals surface area contributed by atoms with E-state index in [2.05, 4.69) is 15.6 Å². The average molecular weight is 377 g/mol. The maximum atomic E-state index is 13.6. The molecule has 0 radical (unpaired) electrons. The molecule has 0 aliphatic rings. The highest BCUT2D eigenvalue weighted by Gasteiger charge is 2.06. The molecular weight excluding hydrogens is 353 g/mol. The molecule has 7 heteroatoms. The van der Waals surface area contributed by atoms with E-state index in [0.717, 1.165) is 5.56 Å². The van der Waals surface area contributed by atoms with Gasteiger partial charge in [0.1, 0.15) is 5.82 Å². The minimum absolute atomic E-state index is 0.206. The van der Waals surface area contributed by atoms with Crippen LogP contribution in [0.4, 0.5) is 4.39 Å². The molecule has 0 saturated carbocycles. The summed E-state index contributed by atoms with van der Waals surface area (Å²) >= 11 is 0.